The van der Waals surface area contributed by atoms with Crippen LogP contribution in [0.4, 0.5) is 0 Å². The lowest BCUT2D eigenvalue weighted by molar-refractivity contribution is 0.0696. The molecule has 0 radical (unpaired) electrons. The summed E-state index contributed by atoms with van der Waals surface area (Å²) in [4.78, 5) is 11.7. The van der Waals surface area contributed by atoms with Crippen LogP contribution in [0.25, 0.3) is 21.9 Å². The molecule has 170 valence electrons. The molecule has 4 aromatic carbocycles. The Balaban J connectivity index is 0.00000306. The number of halogens is 1. The van der Waals surface area contributed by atoms with Crippen LogP contribution >= 0.6 is 12.4 Å². The van der Waals surface area contributed by atoms with Crippen molar-refractivity contribution in [2.45, 2.75) is 26.4 Å². The zero-order chi connectivity index (χ0) is 22.7. The Labute approximate surface area is 200 Å². The molecule has 0 aliphatic rings. The predicted molar refractivity (Wildman–Crippen MR) is 137 cm³/mol. The second-order valence-corrected chi connectivity index (χ2v) is 8.08. The normalized spacial score (nSPS) is 11.6. The largest absolute Gasteiger partial charge is 0.497 e. The highest BCUT2D eigenvalue weighted by molar-refractivity contribution is 5.99. The van der Waals surface area contributed by atoms with Crippen molar-refractivity contribution in [3.8, 4) is 16.9 Å². The molecule has 0 heterocycles. The van der Waals surface area contributed by atoms with Gasteiger partial charge in [-0.15, -0.1) is 12.4 Å². The van der Waals surface area contributed by atoms with Gasteiger partial charge in [-0.3, -0.25) is 0 Å². The van der Waals surface area contributed by atoms with E-state index in [0.29, 0.717) is 12.1 Å². The number of aryl methyl sites for hydroxylation is 1. The summed E-state index contributed by atoms with van der Waals surface area (Å²) in [6.07, 6.45) is 0. The SMILES string of the molecule is COc1cccc([C@@H](C)NCc2cc(-c3ccc(C)c(C(=O)O)c3)c3ccccc3c2)c1.Cl. The van der Waals surface area contributed by atoms with Crippen molar-refractivity contribution in [2.75, 3.05) is 7.11 Å². The second kappa shape index (κ2) is 10.5. The summed E-state index contributed by atoms with van der Waals surface area (Å²) in [6, 6.07) is 26.4. The average molecular weight is 462 g/mol. The first-order valence-corrected chi connectivity index (χ1v) is 10.7. The molecule has 0 aliphatic carbocycles. The van der Waals surface area contributed by atoms with E-state index in [1.54, 1.807) is 13.2 Å². The van der Waals surface area contributed by atoms with E-state index in [2.05, 4.69) is 42.6 Å². The van der Waals surface area contributed by atoms with Crippen LogP contribution in [0.1, 0.15) is 40.0 Å². The third-order valence-corrected chi connectivity index (χ3v) is 5.91. The molecule has 0 aliphatic heterocycles. The van der Waals surface area contributed by atoms with E-state index < -0.39 is 5.97 Å². The summed E-state index contributed by atoms with van der Waals surface area (Å²) >= 11 is 0. The monoisotopic (exact) mass is 461 g/mol. The third kappa shape index (κ3) is 5.36. The van der Waals surface area contributed by atoms with Crippen molar-refractivity contribution in [3.05, 3.63) is 101 Å². The number of ether oxygens (including phenoxy) is 1. The Hall–Kier alpha value is -3.34. The molecule has 4 aromatic rings. The van der Waals surface area contributed by atoms with Gasteiger partial charge >= 0.3 is 5.97 Å². The van der Waals surface area contributed by atoms with Crippen LogP contribution in [0.3, 0.4) is 0 Å². The first kappa shape index (κ1) is 24.3. The van der Waals surface area contributed by atoms with E-state index in [0.717, 1.165) is 44.3 Å². The molecule has 5 heteroatoms. The lowest BCUT2D eigenvalue weighted by Gasteiger charge is -2.17. The topological polar surface area (TPSA) is 58.6 Å². The maximum Gasteiger partial charge on any atom is 0.335 e. The van der Waals surface area contributed by atoms with Gasteiger partial charge in [-0.25, -0.2) is 4.79 Å². The predicted octanol–water partition coefficient (Wildman–Crippen LogP) is 6.79. The summed E-state index contributed by atoms with van der Waals surface area (Å²) < 4.78 is 5.35. The fourth-order valence-corrected chi connectivity index (χ4v) is 4.03. The van der Waals surface area contributed by atoms with Gasteiger partial charge in [0, 0.05) is 12.6 Å². The van der Waals surface area contributed by atoms with Crippen molar-refractivity contribution in [1.29, 1.82) is 0 Å². The molecule has 0 fully saturated rings. The Kier molecular flexibility index (Phi) is 7.75. The van der Waals surface area contributed by atoms with Crippen molar-refractivity contribution in [2.24, 2.45) is 0 Å². The van der Waals surface area contributed by atoms with Gasteiger partial charge in [-0.05, 0) is 82.8 Å². The molecule has 0 aromatic heterocycles. The summed E-state index contributed by atoms with van der Waals surface area (Å²) in [7, 11) is 1.68. The number of hydrogen-bond donors (Lipinski definition) is 2. The minimum atomic E-state index is -0.904. The van der Waals surface area contributed by atoms with Crippen LogP contribution < -0.4 is 10.1 Å². The number of rotatable bonds is 7. The average Bonchev–Trinajstić information content (AvgIpc) is 2.82. The highest BCUT2D eigenvalue weighted by Gasteiger charge is 2.13. The maximum absolute atomic E-state index is 11.7. The van der Waals surface area contributed by atoms with Crippen molar-refractivity contribution in [3.63, 3.8) is 0 Å². The Morgan fingerprint density at radius 2 is 1.79 bits per heavy atom. The Morgan fingerprint density at radius 1 is 1.00 bits per heavy atom. The summed E-state index contributed by atoms with van der Waals surface area (Å²) in [6.45, 7) is 4.65. The van der Waals surface area contributed by atoms with Crippen LogP contribution in [0.2, 0.25) is 0 Å². The molecule has 2 N–H and O–H groups in total. The minimum Gasteiger partial charge on any atom is -0.497 e. The molecule has 0 saturated heterocycles. The molecule has 0 saturated carbocycles. The van der Waals surface area contributed by atoms with E-state index in [4.69, 9.17) is 4.74 Å². The molecular weight excluding hydrogens is 434 g/mol. The first-order chi connectivity index (χ1) is 15.5. The van der Waals surface area contributed by atoms with Crippen LogP contribution in [-0.2, 0) is 6.54 Å². The highest BCUT2D eigenvalue weighted by atomic mass is 35.5. The fraction of sp³-hybridized carbons (Fsp3) is 0.179. The molecule has 4 rings (SSSR count). The molecule has 4 nitrogen and oxygen atoms in total. The van der Waals surface area contributed by atoms with Gasteiger partial charge < -0.3 is 15.2 Å². The number of nitrogens with one attached hydrogen (secondary N) is 1. The third-order valence-electron chi connectivity index (χ3n) is 5.91. The fourth-order valence-electron chi connectivity index (χ4n) is 4.03. The molecule has 0 spiro atoms. The maximum atomic E-state index is 11.7. The molecule has 0 unspecified atom stereocenters. The van der Waals surface area contributed by atoms with Gasteiger partial charge in [-0.2, -0.15) is 0 Å². The summed E-state index contributed by atoms with van der Waals surface area (Å²) in [5.74, 6) is -0.0589. The van der Waals surface area contributed by atoms with Crippen LogP contribution in [0.15, 0.2) is 78.9 Å². The van der Waals surface area contributed by atoms with Crippen molar-refractivity contribution in [1.82, 2.24) is 5.32 Å². The molecule has 1 atom stereocenters. The zero-order valence-electron chi connectivity index (χ0n) is 19.0. The van der Waals surface area contributed by atoms with Crippen molar-refractivity contribution >= 4 is 29.1 Å². The van der Waals surface area contributed by atoms with Gasteiger partial charge in [0.15, 0.2) is 0 Å². The number of methoxy groups -OCH3 is 1. The van der Waals surface area contributed by atoms with Crippen LogP contribution in [0.5, 0.6) is 5.75 Å². The number of carbonyl (C=O) groups is 1. The van der Waals surface area contributed by atoms with E-state index >= 15 is 0 Å². The zero-order valence-corrected chi connectivity index (χ0v) is 19.8. The molecule has 33 heavy (non-hydrogen) atoms. The van der Waals surface area contributed by atoms with Crippen LogP contribution in [0, 0.1) is 6.92 Å². The lowest BCUT2D eigenvalue weighted by atomic mass is 9.93. The second-order valence-electron chi connectivity index (χ2n) is 8.08. The molecular formula is C28H28ClNO3. The van der Waals surface area contributed by atoms with Crippen molar-refractivity contribution < 1.29 is 14.6 Å². The Bertz CT molecular complexity index is 1290. The summed E-state index contributed by atoms with van der Waals surface area (Å²) in [5, 5.41) is 15.4. The van der Waals surface area contributed by atoms with E-state index in [1.807, 2.05) is 49.4 Å². The van der Waals surface area contributed by atoms with Crippen LogP contribution in [-0.4, -0.2) is 18.2 Å². The van der Waals surface area contributed by atoms with E-state index in [-0.39, 0.29) is 18.4 Å². The lowest BCUT2D eigenvalue weighted by Crippen LogP contribution is -2.18. The number of carboxylic acid groups (broad SMARTS) is 1. The summed E-state index contributed by atoms with van der Waals surface area (Å²) in [5.41, 5.74) is 5.35. The van der Waals surface area contributed by atoms with E-state index in [1.165, 1.54) is 0 Å². The number of fused-ring (bicyclic) bond motifs is 1. The Morgan fingerprint density at radius 3 is 2.55 bits per heavy atom. The highest BCUT2D eigenvalue weighted by Crippen LogP contribution is 2.32. The smallest absolute Gasteiger partial charge is 0.335 e. The quantitative estimate of drug-likeness (QED) is 0.318. The standard InChI is InChI=1S/C28H27NO3.ClH/c1-18-11-12-23(16-26(18)28(30)31)27-14-20(13-22-7-4-5-10-25(22)27)17-29-19(2)21-8-6-9-24(15-21)32-3;/h4-16,19,29H,17H2,1-3H3,(H,30,31);1H/t19-;/m1./s1. The van der Waals surface area contributed by atoms with Gasteiger partial charge in [0.05, 0.1) is 12.7 Å². The van der Waals surface area contributed by atoms with Gasteiger partial charge in [0.25, 0.3) is 0 Å². The van der Waals surface area contributed by atoms with Gasteiger partial charge in [0.1, 0.15) is 5.75 Å². The molecule has 0 bridgehead atoms. The molecule has 0 amide bonds. The van der Waals surface area contributed by atoms with Gasteiger partial charge in [0.2, 0.25) is 0 Å². The minimum absolute atomic E-state index is 0. The number of benzene rings is 4. The number of carboxylic acids is 1. The number of hydrogen-bond acceptors (Lipinski definition) is 3. The van der Waals surface area contributed by atoms with E-state index in [9.17, 15) is 9.90 Å². The first-order valence-electron chi connectivity index (χ1n) is 10.7. The van der Waals surface area contributed by atoms with Gasteiger partial charge in [-0.1, -0.05) is 48.5 Å². The number of aromatic carboxylic acids is 1.